The van der Waals surface area contributed by atoms with Crippen LogP contribution in [0.3, 0.4) is 0 Å². The van der Waals surface area contributed by atoms with E-state index in [0.29, 0.717) is 0 Å². The van der Waals surface area contributed by atoms with Crippen LogP contribution in [-0.4, -0.2) is 18.4 Å². The Morgan fingerprint density at radius 1 is 1.35 bits per heavy atom. The molecule has 1 aromatic carbocycles. The van der Waals surface area contributed by atoms with Gasteiger partial charge in [-0.15, -0.1) is 0 Å². The quantitative estimate of drug-likeness (QED) is 0.740. The highest BCUT2D eigenvalue weighted by atomic mass is 16.5. The van der Waals surface area contributed by atoms with Gasteiger partial charge >= 0.3 is 0 Å². The summed E-state index contributed by atoms with van der Waals surface area (Å²) < 4.78 is 5.31. The summed E-state index contributed by atoms with van der Waals surface area (Å²) in [5.41, 5.74) is 3.78. The second-order valence-corrected chi connectivity index (χ2v) is 4.28. The number of aromatic nitrogens is 1. The van der Waals surface area contributed by atoms with Crippen molar-refractivity contribution >= 4 is 17.2 Å². The van der Waals surface area contributed by atoms with Crippen LogP contribution in [0.25, 0.3) is 10.9 Å². The molecule has 0 bridgehead atoms. The molecule has 1 aromatic heterocycles. The van der Waals surface area contributed by atoms with Crippen molar-refractivity contribution in [1.82, 2.24) is 4.98 Å². The summed E-state index contributed by atoms with van der Waals surface area (Å²) in [6.07, 6.45) is 3.96. The zero-order chi connectivity index (χ0) is 11.8. The molecule has 2 aromatic rings. The summed E-state index contributed by atoms with van der Waals surface area (Å²) in [6, 6.07) is 5.72. The number of hydrogen-bond acceptors (Lipinski definition) is 3. The standard InChI is InChI=1S/C14H13NO2/c1-17-13-7-3-5-10-11(8-16)9-4-2-6-12(9)15-14(10)13/h3,5,7-8H,2,4,6H2,1H3. The number of hydrogen-bond donors (Lipinski definition) is 0. The number of nitrogens with zero attached hydrogens (tertiary/aromatic N) is 1. The summed E-state index contributed by atoms with van der Waals surface area (Å²) in [5.74, 6) is 0.736. The molecule has 1 aliphatic carbocycles. The van der Waals surface area contributed by atoms with Gasteiger partial charge in [-0.3, -0.25) is 4.79 Å². The monoisotopic (exact) mass is 227 g/mol. The third kappa shape index (κ3) is 1.42. The first-order chi connectivity index (χ1) is 8.35. The van der Waals surface area contributed by atoms with Gasteiger partial charge in [-0.2, -0.15) is 0 Å². The molecule has 0 spiro atoms. The summed E-state index contributed by atoms with van der Waals surface area (Å²) in [7, 11) is 1.63. The van der Waals surface area contributed by atoms with Crippen molar-refractivity contribution in [1.29, 1.82) is 0 Å². The first kappa shape index (κ1) is 10.3. The summed E-state index contributed by atoms with van der Waals surface area (Å²) >= 11 is 0. The van der Waals surface area contributed by atoms with E-state index in [-0.39, 0.29) is 0 Å². The Labute approximate surface area is 99.4 Å². The maximum absolute atomic E-state index is 11.3. The van der Waals surface area contributed by atoms with Crippen LogP contribution in [0.4, 0.5) is 0 Å². The number of pyridine rings is 1. The Hall–Kier alpha value is -1.90. The van der Waals surface area contributed by atoms with Gasteiger partial charge in [0.25, 0.3) is 0 Å². The first-order valence-corrected chi connectivity index (χ1v) is 5.79. The van der Waals surface area contributed by atoms with Gasteiger partial charge < -0.3 is 4.74 Å². The lowest BCUT2D eigenvalue weighted by atomic mass is 10.0. The number of methoxy groups -OCH3 is 1. The lowest BCUT2D eigenvalue weighted by Gasteiger charge is -2.10. The summed E-state index contributed by atoms with van der Waals surface area (Å²) in [4.78, 5) is 16.0. The summed E-state index contributed by atoms with van der Waals surface area (Å²) in [6.45, 7) is 0. The van der Waals surface area contributed by atoms with Crippen LogP contribution in [0.2, 0.25) is 0 Å². The second-order valence-electron chi connectivity index (χ2n) is 4.28. The smallest absolute Gasteiger partial charge is 0.151 e. The van der Waals surface area contributed by atoms with Crippen molar-refractivity contribution in [2.24, 2.45) is 0 Å². The van der Waals surface area contributed by atoms with Crippen LogP contribution >= 0.6 is 0 Å². The molecule has 86 valence electrons. The molecule has 0 fully saturated rings. The Balaban J connectivity index is 2.44. The van der Waals surface area contributed by atoms with Crippen LogP contribution in [-0.2, 0) is 12.8 Å². The fourth-order valence-electron chi connectivity index (χ4n) is 2.59. The highest BCUT2D eigenvalue weighted by Crippen LogP contribution is 2.32. The average Bonchev–Trinajstić information content (AvgIpc) is 2.82. The highest BCUT2D eigenvalue weighted by Gasteiger charge is 2.20. The topological polar surface area (TPSA) is 39.2 Å². The van der Waals surface area contributed by atoms with Crippen molar-refractivity contribution in [2.75, 3.05) is 7.11 Å². The minimum Gasteiger partial charge on any atom is -0.494 e. The number of rotatable bonds is 2. The first-order valence-electron chi connectivity index (χ1n) is 5.79. The fraction of sp³-hybridized carbons (Fsp3) is 0.286. The minimum absolute atomic E-state index is 0.736. The number of benzene rings is 1. The van der Waals surface area contributed by atoms with Gasteiger partial charge in [0, 0.05) is 16.6 Å². The molecule has 0 saturated carbocycles. The van der Waals surface area contributed by atoms with Crippen molar-refractivity contribution in [3.8, 4) is 5.75 Å². The van der Waals surface area contributed by atoms with E-state index in [4.69, 9.17) is 4.74 Å². The molecule has 0 amide bonds. The van der Waals surface area contributed by atoms with E-state index in [0.717, 1.165) is 59.0 Å². The number of carbonyl (C=O) groups excluding carboxylic acids is 1. The van der Waals surface area contributed by atoms with E-state index in [9.17, 15) is 4.79 Å². The zero-order valence-electron chi connectivity index (χ0n) is 9.69. The van der Waals surface area contributed by atoms with E-state index < -0.39 is 0 Å². The van der Waals surface area contributed by atoms with Gasteiger partial charge in [0.2, 0.25) is 0 Å². The Bertz CT molecular complexity index is 605. The van der Waals surface area contributed by atoms with Gasteiger partial charge in [0.05, 0.1) is 7.11 Å². The molecule has 3 heteroatoms. The number of fused-ring (bicyclic) bond motifs is 2. The molecule has 3 rings (SSSR count). The molecule has 0 aliphatic heterocycles. The Morgan fingerprint density at radius 2 is 2.24 bits per heavy atom. The van der Waals surface area contributed by atoms with Crippen molar-refractivity contribution in [3.63, 3.8) is 0 Å². The van der Waals surface area contributed by atoms with Crippen molar-refractivity contribution in [2.45, 2.75) is 19.3 Å². The van der Waals surface area contributed by atoms with Gasteiger partial charge in [0.1, 0.15) is 11.3 Å². The third-order valence-electron chi connectivity index (χ3n) is 3.39. The van der Waals surface area contributed by atoms with Crippen molar-refractivity contribution < 1.29 is 9.53 Å². The molecule has 0 atom stereocenters. The third-order valence-corrected chi connectivity index (χ3v) is 3.39. The molecular weight excluding hydrogens is 214 g/mol. The van der Waals surface area contributed by atoms with Crippen LogP contribution in [0, 0.1) is 0 Å². The molecule has 1 aliphatic rings. The van der Waals surface area contributed by atoms with Crippen LogP contribution < -0.4 is 4.74 Å². The number of para-hydroxylation sites is 1. The van der Waals surface area contributed by atoms with Crippen molar-refractivity contribution in [3.05, 3.63) is 35.0 Å². The molecule has 1 heterocycles. The van der Waals surface area contributed by atoms with Crippen LogP contribution in [0.15, 0.2) is 18.2 Å². The number of carbonyl (C=O) groups is 1. The lowest BCUT2D eigenvalue weighted by molar-refractivity contribution is 0.112. The van der Waals surface area contributed by atoms with Gasteiger partial charge in [-0.05, 0) is 30.9 Å². The minimum atomic E-state index is 0.736. The predicted octanol–water partition coefficient (Wildman–Crippen LogP) is 2.54. The molecule has 0 saturated heterocycles. The maximum Gasteiger partial charge on any atom is 0.151 e. The molecule has 0 N–H and O–H groups in total. The molecule has 0 unspecified atom stereocenters. The number of ether oxygens (including phenoxy) is 1. The van der Waals surface area contributed by atoms with E-state index in [1.807, 2.05) is 18.2 Å². The van der Waals surface area contributed by atoms with E-state index in [2.05, 4.69) is 4.98 Å². The van der Waals surface area contributed by atoms with E-state index in [1.54, 1.807) is 7.11 Å². The van der Waals surface area contributed by atoms with Gasteiger partial charge in [0.15, 0.2) is 6.29 Å². The predicted molar refractivity (Wildman–Crippen MR) is 65.7 cm³/mol. The molecule has 3 nitrogen and oxygen atoms in total. The maximum atomic E-state index is 11.3. The number of aryl methyl sites for hydroxylation is 1. The SMILES string of the molecule is COc1cccc2c(C=O)c3c(nc12)CCC3. The van der Waals surface area contributed by atoms with Crippen LogP contribution in [0.5, 0.6) is 5.75 Å². The average molecular weight is 227 g/mol. The highest BCUT2D eigenvalue weighted by molar-refractivity contribution is 6.00. The fourth-order valence-corrected chi connectivity index (χ4v) is 2.59. The number of aldehydes is 1. The normalized spacial score (nSPS) is 13.7. The largest absolute Gasteiger partial charge is 0.494 e. The van der Waals surface area contributed by atoms with E-state index in [1.165, 1.54) is 0 Å². The second kappa shape index (κ2) is 3.84. The van der Waals surface area contributed by atoms with Gasteiger partial charge in [-0.1, -0.05) is 12.1 Å². The summed E-state index contributed by atoms with van der Waals surface area (Å²) in [5, 5.41) is 0.903. The lowest BCUT2D eigenvalue weighted by Crippen LogP contribution is -1.99. The zero-order valence-corrected chi connectivity index (χ0v) is 9.69. The Kier molecular flexibility index (Phi) is 2.32. The van der Waals surface area contributed by atoms with E-state index >= 15 is 0 Å². The van der Waals surface area contributed by atoms with Crippen LogP contribution in [0.1, 0.15) is 28.0 Å². The molecule has 17 heavy (non-hydrogen) atoms. The Morgan fingerprint density at radius 3 is 3.00 bits per heavy atom. The molecular formula is C14H13NO2. The molecule has 0 radical (unpaired) electrons. The van der Waals surface area contributed by atoms with Gasteiger partial charge in [-0.25, -0.2) is 4.98 Å².